The second kappa shape index (κ2) is 12.0. The van der Waals surface area contributed by atoms with Crippen LogP contribution in [-0.2, 0) is 37.0 Å². The number of fused-ring (bicyclic) bond motifs is 1. The molecule has 13 heteroatoms. The van der Waals surface area contributed by atoms with Crippen LogP contribution in [0.4, 0.5) is 10.5 Å². The molecule has 0 aliphatic carbocycles. The lowest BCUT2D eigenvalue weighted by atomic mass is 10.0. The van der Waals surface area contributed by atoms with Crippen molar-refractivity contribution >= 4 is 35.4 Å². The van der Waals surface area contributed by atoms with Gasteiger partial charge in [-0.05, 0) is 41.0 Å². The molecule has 0 aromatic heterocycles. The Morgan fingerprint density at radius 1 is 1.03 bits per heavy atom. The monoisotopic (exact) mass is 543 g/mol. The van der Waals surface area contributed by atoms with Gasteiger partial charge in [0.15, 0.2) is 0 Å². The molecule has 0 radical (unpaired) electrons. The molecule has 2 aliphatic rings. The molecule has 2 heterocycles. The summed E-state index contributed by atoms with van der Waals surface area (Å²) in [4.78, 5) is 50.0. The van der Waals surface area contributed by atoms with Gasteiger partial charge in [0.2, 0.25) is 0 Å². The Hall–Kier alpha value is -4.10. The average Bonchev–Trinajstić information content (AvgIpc) is 2.93. The number of rotatable bonds is 10. The zero-order valence-electron chi connectivity index (χ0n) is 20.6. The van der Waals surface area contributed by atoms with Crippen LogP contribution in [0.25, 0.3) is 0 Å². The first kappa shape index (κ1) is 26.9. The zero-order chi connectivity index (χ0) is 27.2. The van der Waals surface area contributed by atoms with Crippen molar-refractivity contribution in [1.82, 2.24) is 10.2 Å². The number of carbonyl (C=O) groups excluding carboxylic acids is 3. The highest BCUT2D eigenvalue weighted by molar-refractivity contribution is 8.00. The van der Waals surface area contributed by atoms with E-state index in [4.69, 9.17) is 18.9 Å². The number of amides is 2. The summed E-state index contributed by atoms with van der Waals surface area (Å²) in [5.41, 5.74) is 1.88. The third-order valence-electron chi connectivity index (χ3n) is 5.88. The van der Waals surface area contributed by atoms with Crippen LogP contribution in [-0.4, -0.2) is 65.8 Å². The molecule has 2 amide bonds. The number of carbonyl (C=O) groups is 3. The summed E-state index contributed by atoms with van der Waals surface area (Å²) >= 11 is 1.38. The van der Waals surface area contributed by atoms with E-state index >= 15 is 0 Å². The number of hydrogen-bond acceptors (Lipinski definition) is 10. The number of esters is 1. The lowest BCUT2D eigenvalue weighted by Gasteiger charge is -2.49. The quantitative estimate of drug-likeness (QED) is 0.205. The molecule has 1 fully saturated rings. The van der Waals surface area contributed by atoms with E-state index in [2.05, 4.69) is 5.32 Å². The number of nitro benzene ring substituents is 1. The van der Waals surface area contributed by atoms with E-state index in [9.17, 15) is 24.5 Å². The molecule has 12 nitrogen and oxygen atoms in total. The summed E-state index contributed by atoms with van der Waals surface area (Å²) in [6.45, 7) is -0.0103. The van der Waals surface area contributed by atoms with Crippen molar-refractivity contribution in [2.45, 2.75) is 24.6 Å². The summed E-state index contributed by atoms with van der Waals surface area (Å²) in [7, 11) is 3.03. The largest absolute Gasteiger partial charge is 0.497 e. The van der Waals surface area contributed by atoms with Crippen molar-refractivity contribution < 1.29 is 38.3 Å². The molecule has 200 valence electrons. The maximum atomic E-state index is 13.0. The lowest BCUT2D eigenvalue weighted by Crippen LogP contribution is -2.70. The fourth-order valence-electron chi connectivity index (χ4n) is 3.93. The van der Waals surface area contributed by atoms with Crippen molar-refractivity contribution in [3.63, 3.8) is 0 Å². The maximum Gasteiger partial charge on any atom is 0.408 e. The number of benzene rings is 2. The van der Waals surface area contributed by atoms with Gasteiger partial charge in [-0.2, -0.15) is 0 Å². The van der Waals surface area contributed by atoms with Crippen molar-refractivity contribution in [2.24, 2.45) is 0 Å². The third-order valence-corrected chi connectivity index (χ3v) is 7.22. The Kier molecular flexibility index (Phi) is 8.48. The Morgan fingerprint density at radius 3 is 2.26 bits per heavy atom. The van der Waals surface area contributed by atoms with E-state index in [1.807, 2.05) is 0 Å². The lowest BCUT2D eigenvalue weighted by molar-refractivity contribution is -0.384. The van der Waals surface area contributed by atoms with Gasteiger partial charge in [-0.1, -0.05) is 12.1 Å². The average molecular weight is 544 g/mol. The summed E-state index contributed by atoms with van der Waals surface area (Å²) in [5.74, 6) is -0.131. The number of ether oxygens (including phenoxy) is 4. The van der Waals surface area contributed by atoms with Crippen molar-refractivity contribution in [3.05, 3.63) is 81.0 Å². The molecule has 1 N–H and O–H groups in total. The van der Waals surface area contributed by atoms with Gasteiger partial charge < -0.3 is 24.3 Å². The van der Waals surface area contributed by atoms with Crippen LogP contribution in [0.5, 0.6) is 5.75 Å². The predicted molar refractivity (Wildman–Crippen MR) is 135 cm³/mol. The van der Waals surface area contributed by atoms with Crippen LogP contribution in [0, 0.1) is 10.1 Å². The second-order valence-electron chi connectivity index (χ2n) is 8.34. The van der Waals surface area contributed by atoms with Gasteiger partial charge in [-0.3, -0.25) is 19.8 Å². The summed E-state index contributed by atoms with van der Waals surface area (Å²) in [6, 6.07) is 11.7. The number of alkyl carbamates (subject to hydrolysis) is 1. The molecular formula is C25H25N3O9S. The van der Waals surface area contributed by atoms with Gasteiger partial charge in [0, 0.05) is 25.0 Å². The molecule has 0 spiro atoms. The number of methoxy groups -OCH3 is 2. The van der Waals surface area contributed by atoms with Crippen molar-refractivity contribution in [3.8, 4) is 5.75 Å². The molecule has 0 bridgehead atoms. The minimum absolute atomic E-state index is 0.0103. The first-order valence-electron chi connectivity index (χ1n) is 11.4. The fourth-order valence-corrected chi connectivity index (χ4v) is 5.25. The SMILES string of the molecule is COCC1=C(C(=O)OCc2ccc([N+](=O)[O-])cc2)N2C(=O)[C@H](NC(=O)OCc3ccc(OC)cc3)[C@H]2SC1. The first-order chi connectivity index (χ1) is 18.3. The van der Waals surface area contributed by atoms with E-state index < -0.39 is 34.3 Å². The standard InChI is InChI=1S/C25H25N3O9S/c1-34-13-17-14-38-23-20(26-25(31)37-12-16-5-9-19(35-2)10-6-16)22(29)27(23)21(17)24(30)36-11-15-3-7-18(8-4-15)28(32)33/h3-10,20,23H,11-14H2,1-2H3,(H,26,31)/t20-,23+/m0/s1. The molecule has 4 rings (SSSR count). The first-order valence-corrected chi connectivity index (χ1v) is 12.5. The van der Waals surface area contributed by atoms with Crippen LogP contribution in [0.3, 0.4) is 0 Å². The molecule has 2 aromatic carbocycles. The summed E-state index contributed by atoms with van der Waals surface area (Å²) in [5, 5.41) is 12.9. The van der Waals surface area contributed by atoms with Crippen LogP contribution >= 0.6 is 11.8 Å². The topological polar surface area (TPSA) is 147 Å². The minimum atomic E-state index is -0.870. The number of non-ortho nitro benzene ring substituents is 1. The van der Waals surface area contributed by atoms with Crippen LogP contribution in [0.15, 0.2) is 59.8 Å². The summed E-state index contributed by atoms with van der Waals surface area (Å²) < 4.78 is 21.0. The molecular weight excluding hydrogens is 518 g/mol. The molecule has 2 atom stereocenters. The zero-order valence-corrected chi connectivity index (χ0v) is 21.4. The number of nitrogens with zero attached hydrogens (tertiary/aromatic N) is 2. The number of nitro groups is 1. The smallest absolute Gasteiger partial charge is 0.408 e. The predicted octanol–water partition coefficient (Wildman–Crippen LogP) is 2.76. The van der Waals surface area contributed by atoms with Gasteiger partial charge in [0.1, 0.15) is 36.1 Å². The molecule has 0 saturated carbocycles. The van der Waals surface area contributed by atoms with E-state index in [0.717, 1.165) is 5.56 Å². The highest BCUT2D eigenvalue weighted by Crippen LogP contribution is 2.40. The van der Waals surface area contributed by atoms with E-state index in [1.165, 1.54) is 48.0 Å². The number of thioether (sulfide) groups is 1. The maximum absolute atomic E-state index is 13.0. The van der Waals surface area contributed by atoms with Crippen LogP contribution in [0.1, 0.15) is 11.1 Å². The number of hydrogen-bond donors (Lipinski definition) is 1. The normalized spacial score (nSPS) is 18.3. The van der Waals surface area contributed by atoms with Gasteiger partial charge in [0.05, 0.1) is 18.6 Å². The van der Waals surface area contributed by atoms with Gasteiger partial charge in [0.25, 0.3) is 11.6 Å². The Morgan fingerprint density at radius 2 is 1.66 bits per heavy atom. The molecule has 2 aromatic rings. The van der Waals surface area contributed by atoms with E-state index in [-0.39, 0.29) is 31.2 Å². The molecule has 1 saturated heterocycles. The number of β-lactam (4-membered cyclic amide) rings is 1. The van der Waals surface area contributed by atoms with Crippen LogP contribution < -0.4 is 10.1 Å². The third kappa shape index (κ3) is 5.89. The highest BCUT2D eigenvalue weighted by Gasteiger charge is 2.54. The second-order valence-corrected chi connectivity index (χ2v) is 9.45. The summed E-state index contributed by atoms with van der Waals surface area (Å²) in [6.07, 6.45) is -0.756. The number of nitrogens with one attached hydrogen (secondary N) is 1. The Labute approximate surface area is 222 Å². The minimum Gasteiger partial charge on any atom is -0.497 e. The molecule has 2 aliphatic heterocycles. The van der Waals surface area contributed by atoms with Crippen molar-refractivity contribution in [1.29, 1.82) is 0 Å². The van der Waals surface area contributed by atoms with E-state index in [0.29, 0.717) is 22.6 Å². The van der Waals surface area contributed by atoms with Gasteiger partial charge >= 0.3 is 12.1 Å². The van der Waals surface area contributed by atoms with Crippen molar-refractivity contribution in [2.75, 3.05) is 26.6 Å². The fraction of sp³-hybridized carbons (Fsp3) is 0.320. The molecule has 38 heavy (non-hydrogen) atoms. The Balaban J connectivity index is 1.37. The van der Waals surface area contributed by atoms with E-state index in [1.54, 1.807) is 31.4 Å². The Bertz CT molecular complexity index is 1250. The molecule has 0 unspecified atom stereocenters. The van der Waals surface area contributed by atoms with Gasteiger partial charge in [-0.15, -0.1) is 11.8 Å². The van der Waals surface area contributed by atoms with Crippen LogP contribution in [0.2, 0.25) is 0 Å². The highest BCUT2D eigenvalue weighted by atomic mass is 32.2. The van der Waals surface area contributed by atoms with Gasteiger partial charge in [-0.25, -0.2) is 9.59 Å².